The highest BCUT2D eigenvalue weighted by Crippen LogP contribution is 2.58. The van der Waals surface area contributed by atoms with Gasteiger partial charge < -0.3 is 15.4 Å². The van der Waals surface area contributed by atoms with Crippen molar-refractivity contribution in [1.82, 2.24) is 5.32 Å². The number of hydrogen-bond donors (Lipinski definition) is 2. The van der Waals surface area contributed by atoms with E-state index in [1.807, 2.05) is 24.3 Å². The van der Waals surface area contributed by atoms with Crippen molar-refractivity contribution in [3.63, 3.8) is 0 Å². The second-order valence-corrected chi connectivity index (χ2v) is 6.31. The second-order valence-electron chi connectivity index (χ2n) is 6.31. The van der Waals surface area contributed by atoms with E-state index in [1.165, 1.54) is 7.11 Å². The highest BCUT2D eigenvalue weighted by Gasteiger charge is 2.57. The number of nitrogens with one attached hydrogen (secondary N) is 2. The topological polar surface area (TPSA) is 67.4 Å². The number of halogens is 1. The highest BCUT2D eigenvalue weighted by atomic mass is 35.5. The largest absolute Gasteiger partial charge is 0.469 e. The van der Waals surface area contributed by atoms with Gasteiger partial charge in [-0.2, -0.15) is 0 Å². The number of carbonyl (C=O) groups excluding carboxylic acids is 2. The minimum atomic E-state index is -0.261. The maximum atomic E-state index is 12.4. The SMILES string of the molecule is COC(=O)Cc1ccc(NC(=O)C2CC23CCNCC3)cc1.Cl. The van der Waals surface area contributed by atoms with Crippen LogP contribution in [0.1, 0.15) is 24.8 Å². The number of carbonyl (C=O) groups is 2. The summed E-state index contributed by atoms with van der Waals surface area (Å²) in [6, 6.07) is 7.38. The average molecular weight is 339 g/mol. The second kappa shape index (κ2) is 7.32. The third-order valence-corrected chi connectivity index (χ3v) is 4.90. The summed E-state index contributed by atoms with van der Waals surface area (Å²) in [5, 5.41) is 6.34. The summed E-state index contributed by atoms with van der Waals surface area (Å²) < 4.78 is 4.64. The van der Waals surface area contributed by atoms with Crippen molar-refractivity contribution in [3.05, 3.63) is 29.8 Å². The third kappa shape index (κ3) is 4.03. The molecule has 126 valence electrons. The molecule has 1 saturated heterocycles. The van der Waals surface area contributed by atoms with Crippen LogP contribution in [0.15, 0.2) is 24.3 Å². The monoisotopic (exact) mass is 338 g/mol. The quantitative estimate of drug-likeness (QED) is 0.825. The lowest BCUT2D eigenvalue weighted by Crippen LogP contribution is -2.31. The summed E-state index contributed by atoms with van der Waals surface area (Å²) in [7, 11) is 1.38. The highest BCUT2D eigenvalue weighted by molar-refractivity contribution is 5.95. The molecule has 5 nitrogen and oxygen atoms in total. The fourth-order valence-corrected chi connectivity index (χ4v) is 3.37. The van der Waals surface area contributed by atoms with E-state index in [4.69, 9.17) is 0 Å². The van der Waals surface area contributed by atoms with Gasteiger partial charge >= 0.3 is 5.97 Å². The first-order valence-corrected chi connectivity index (χ1v) is 7.80. The Morgan fingerprint density at radius 1 is 1.26 bits per heavy atom. The number of rotatable bonds is 4. The summed E-state index contributed by atoms with van der Waals surface area (Å²) in [6.45, 7) is 2.04. The lowest BCUT2D eigenvalue weighted by molar-refractivity contribution is -0.139. The van der Waals surface area contributed by atoms with Crippen LogP contribution in [-0.4, -0.2) is 32.1 Å². The molecule has 1 amide bonds. The van der Waals surface area contributed by atoms with E-state index >= 15 is 0 Å². The minimum absolute atomic E-state index is 0. The van der Waals surface area contributed by atoms with Crippen LogP contribution in [0.3, 0.4) is 0 Å². The summed E-state index contributed by atoms with van der Waals surface area (Å²) in [4.78, 5) is 23.6. The van der Waals surface area contributed by atoms with E-state index in [-0.39, 0.29) is 42.0 Å². The van der Waals surface area contributed by atoms with Crippen LogP contribution in [0.5, 0.6) is 0 Å². The number of anilines is 1. The Kier molecular flexibility index (Phi) is 5.65. The molecule has 1 aliphatic carbocycles. The molecule has 1 aromatic carbocycles. The summed E-state index contributed by atoms with van der Waals surface area (Å²) >= 11 is 0. The molecule has 2 N–H and O–H groups in total. The van der Waals surface area contributed by atoms with Crippen molar-refractivity contribution >= 4 is 30.0 Å². The van der Waals surface area contributed by atoms with Crippen molar-refractivity contribution in [2.75, 3.05) is 25.5 Å². The molecule has 1 heterocycles. The van der Waals surface area contributed by atoms with Gasteiger partial charge in [0.1, 0.15) is 0 Å². The molecule has 1 atom stereocenters. The molecule has 1 saturated carbocycles. The average Bonchev–Trinajstić information content (AvgIpc) is 3.23. The van der Waals surface area contributed by atoms with Gasteiger partial charge in [-0.15, -0.1) is 12.4 Å². The third-order valence-electron chi connectivity index (χ3n) is 4.90. The fraction of sp³-hybridized carbons (Fsp3) is 0.529. The van der Waals surface area contributed by atoms with Gasteiger partial charge in [-0.3, -0.25) is 9.59 Å². The van der Waals surface area contributed by atoms with Crippen LogP contribution in [0, 0.1) is 11.3 Å². The number of ether oxygens (including phenoxy) is 1. The number of amides is 1. The smallest absolute Gasteiger partial charge is 0.309 e. The predicted octanol–water partition coefficient (Wildman–Crippen LogP) is 2.15. The summed E-state index contributed by atoms with van der Waals surface area (Å²) in [5.41, 5.74) is 1.92. The van der Waals surface area contributed by atoms with Crippen molar-refractivity contribution in [2.45, 2.75) is 25.7 Å². The van der Waals surface area contributed by atoms with Crippen LogP contribution in [-0.2, 0) is 20.7 Å². The number of benzene rings is 1. The maximum absolute atomic E-state index is 12.4. The Hall–Kier alpha value is -1.59. The molecule has 6 heteroatoms. The first-order chi connectivity index (χ1) is 10.6. The van der Waals surface area contributed by atoms with Gasteiger partial charge in [0.25, 0.3) is 0 Å². The van der Waals surface area contributed by atoms with Gasteiger partial charge in [-0.25, -0.2) is 0 Å². The van der Waals surface area contributed by atoms with Gasteiger partial charge in [-0.1, -0.05) is 12.1 Å². The maximum Gasteiger partial charge on any atom is 0.309 e. The first-order valence-electron chi connectivity index (χ1n) is 7.80. The molecular formula is C17H23ClN2O3. The van der Waals surface area contributed by atoms with Crippen LogP contribution in [0.2, 0.25) is 0 Å². The first kappa shape index (κ1) is 17.8. The molecular weight excluding hydrogens is 316 g/mol. The lowest BCUT2D eigenvalue weighted by Gasteiger charge is -2.23. The van der Waals surface area contributed by atoms with Gasteiger partial charge in [0.15, 0.2) is 0 Å². The molecule has 3 rings (SSSR count). The molecule has 0 aromatic heterocycles. The van der Waals surface area contributed by atoms with Crippen LogP contribution in [0.4, 0.5) is 5.69 Å². The standard InChI is InChI=1S/C17H22N2O3.ClH/c1-22-15(20)10-12-2-4-13(5-3-12)19-16(21)14-11-17(14)6-8-18-9-7-17;/h2-5,14,18H,6-11H2,1H3,(H,19,21);1H. The number of hydrogen-bond acceptors (Lipinski definition) is 4. The zero-order valence-electron chi connectivity index (χ0n) is 13.3. The summed E-state index contributed by atoms with van der Waals surface area (Å²) in [5.74, 6) is 0.0228. The molecule has 0 radical (unpaired) electrons. The normalized spacial score (nSPS) is 21.2. The molecule has 1 unspecified atom stereocenters. The van der Waals surface area contributed by atoms with Crippen LogP contribution < -0.4 is 10.6 Å². The van der Waals surface area contributed by atoms with E-state index in [1.54, 1.807) is 0 Å². The van der Waals surface area contributed by atoms with Crippen molar-refractivity contribution < 1.29 is 14.3 Å². The number of esters is 1. The molecule has 1 aliphatic heterocycles. The molecule has 1 aromatic rings. The van der Waals surface area contributed by atoms with Crippen molar-refractivity contribution in [1.29, 1.82) is 0 Å². The zero-order chi connectivity index (χ0) is 15.6. The van der Waals surface area contributed by atoms with E-state index in [9.17, 15) is 9.59 Å². The Balaban J connectivity index is 0.00000192. The fourth-order valence-electron chi connectivity index (χ4n) is 3.37. The van der Waals surface area contributed by atoms with Gasteiger partial charge in [0.2, 0.25) is 5.91 Å². The van der Waals surface area contributed by atoms with Crippen LogP contribution in [0.25, 0.3) is 0 Å². The van der Waals surface area contributed by atoms with E-state index in [0.29, 0.717) is 0 Å². The predicted molar refractivity (Wildman–Crippen MR) is 90.7 cm³/mol. The molecule has 2 fully saturated rings. The zero-order valence-corrected chi connectivity index (χ0v) is 14.1. The van der Waals surface area contributed by atoms with Crippen molar-refractivity contribution in [2.24, 2.45) is 11.3 Å². The van der Waals surface area contributed by atoms with Crippen LogP contribution >= 0.6 is 12.4 Å². The Morgan fingerprint density at radius 2 is 1.91 bits per heavy atom. The Labute approximate surface area is 142 Å². The molecule has 0 bridgehead atoms. The van der Waals surface area contributed by atoms with E-state index in [2.05, 4.69) is 15.4 Å². The molecule has 23 heavy (non-hydrogen) atoms. The molecule has 1 spiro atoms. The molecule has 2 aliphatic rings. The van der Waals surface area contributed by atoms with E-state index in [0.717, 1.165) is 43.6 Å². The minimum Gasteiger partial charge on any atom is -0.469 e. The number of piperidine rings is 1. The lowest BCUT2D eigenvalue weighted by atomic mass is 9.92. The van der Waals surface area contributed by atoms with Gasteiger partial charge in [0, 0.05) is 11.6 Å². The Morgan fingerprint density at radius 3 is 2.52 bits per heavy atom. The van der Waals surface area contributed by atoms with E-state index < -0.39 is 0 Å². The summed E-state index contributed by atoms with van der Waals surface area (Å²) in [6.07, 6.45) is 3.47. The Bertz CT molecular complexity index is 568. The van der Waals surface area contributed by atoms with Gasteiger partial charge in [0.05, 0.1) is 13.5 Å². The number of methoxy groups -OCH3 is 1. The van der Waals surface area contributed by atoms with Crippen molar-refractivity contribution in [3.8, 4) is 0 Å². The van der Waals surface area contributed by atoms with Gasteiger partial charge in [-0.05, 0) is 55.5 Å².